The van der Waals surface area contributed by atoms with Gasteiger partial charge in [-0.3, -0.25) is 0 Å². The van der Waals surface area contributed by atoms with Gasteiger partial charge in [-0.05, 0) is 31.0 Å². The van der Waals surface area contributed by atoms with Gasteiger partial charge in [0.2, 0.25) is 0 Å². The van der Waals surface area contributed by atoms with Crippen LogP contribution in [0, 0.1) is 0 Å². The van der Waals surface area contributed by atoms with Gasteiger partial charge in [0.1, 0.15) is 0 Å². The monoisotopic (exact) mass is 209 g/mol. The molecule has 0 aromatic heterocycles. The van der Waals surface area contributed by atoms with Crippen molar-refractivity contribution in [2.24, 2.45) is 0 Å². The molecule has 0 radical (unpaired) electrons. The van der Waals surface area contributed by atoms with E-state index in [0.29, 0.717) is 11.8 Å². The Morgan fingerprint density at radius 2 is 2.20 bits per heavy atom. The number of nitrogens with one attached hydrogen (secondary N) is 1. The maximum absolute atomic E-state index is 9.41. The molecular formula is C12H19NO2. The maximum Gasteiger partial charge on any atom is 0.160 e. The zero-order chi connectivity index (χ0) is 11.3. The minimum absolute atomic E-state index is 0.185. The van der Waals surface area contributed by atoms with Crippen LogP contribution in [0.1, 0.15) is 25.8 Å². The van der Waals surface area contributed by atoms with Gasteiger partial charge in [0, 0.05) is 12.6 Å². The zero-order valence-electron chi connectivity index (χ0n) is 9.58. The summed E-state index contributed by atoms with van der Waals surface area (Å²) < 4.78 is 5.04. The highest BCUT2D eigenvalue weighted by Crippen LogP contribution is 2.26. The summed E-state index contributed by atoms with van der Waals surface area (Å²) in [5.41, 5.74) is 1.12. The summed E-state index contributed by atoms with van der Waals surface area (Å²) >= 11 is 0. The summed E-state index contributed by atoms with van der Waals surface area (Å²) in [6, 6.07) is 5.91. The SMILES string of the molecule is CC[C@@H](C)NCc1ccc(O)c(OC)c1. The van der Waals surface area contributed by atoms with Crippen molar-refractivity contribution in [3.63, 3.8) is 0 Å². The van der Waals surface area contributed by atoms with Crippen LogP contribution >= 0.6 is 0 Å². The number of methoxy groups -OCH3 is 1. The second-order valence-corrected chi connectivity index (χ2v) is 3.70. The molecule has 0 unspecified atom stereocenters. The van der Waals surface area contributed by atoms with E-state index in [1.807, 2.05) is 12.1 Å². The lowest BCUT2D eigenvalue weighted by Crippen LogP contribution is -2.24. The van der Waals surface area contributed by atoms with E-state index >= 15 is 0 Å². The number of rotatable bonds is 5. The first kappa shape index (κ1) is 11.9. The summed E-state index contributed by atoms with van der Waals surface area (Å²) in [7, 11) is 1.56. The summed E-state index contributed by atoms with van der Waals surface area (Å²) in [5, 5.41) is 12.8. The maximum atomic E-state index is 9.41. The van der Waals surface area contributed by atoms with Gasteiger partial charge in [0.15, 0.2) is 11.5 Å². The van der Waals surface area contributed by atoms with Crippen molar-refractivity contribution >= 4 is 0 Å². The van der Waals surface area contributed by atoms with Gasteiger partial charge in [-0.2, -0.15) is 0 Å². The highest BCUT2D eigenvalue weighted by molar-refractivity contribution is 5.41. The summed E-state index contributed by atoms with van der Waals surface area (Å²) in [5.74, 6) is 0.711. The predicted octanol–water partition coefficient (Wildman–Crippen LogP) is 2.29. The minimum atomic E-state index is 0.185. The molecule has 0 spiro atoms. The van der Waals surface area contributed by atoms with Crippen molar-refractivity contribution in [1.29, 1.82) is 0 Å². The Kier molecular flexibility index (Phi) is 4.43. The lowest BCUT2D eigenvalue weighted by molar-refractivity contribution is 0.372. The van der Waals surface area contributed by atoms with Gasteiger partial charge >= 0.3 is 0 Å². The molecule has 0 saturated heterocycles. The van der Waals surface area contributed by atoms with Crippen molar-refractivity contribution in [2.75, 3.05) is 7.11 Å². The molecule has 0 heterocycles. The molecule has 0 aliphatic rings. The van der Waals surface area contributed by atoms with Gasteiger partial charge in [-0.15, -0.1) is 0 Å². The van der Waals surface area contributed by atoms with Gasteiger partial charge in [0.25, 0.3) is 0 Å². The number of ether oxygens (including phenoxy) is 1. The molecule has 0 bridgehead atoms. The van der Waals surface area contributed by atoms with Crippen molar-refractivity contribution < 1.29 is 9.84 Å². The Labute approximate surface area is 91.1 Å². The standard InChI is InChI=1S/C12H19NO2/c1-4-9(2)13-8-10-5-6-11(14)12(7-10)15-3/h5-7,9,13-14H,4,8H2,1-3H3/t9-/m1/s1. The number of phenolic OH excluding ortho intramolecular Hbond substituents is 1. The van der Waals surface area contributed by atoms with Crippen LogP contribution in [0.15, 0.2) is 18.2 Å². The Morgan fingerprint density at radius 1 is 1.47 bits per heavy atom. The third kappa shape index (κ3) is 3.44. The quantitative estimate of drug-likeness (QED) is 0.781. The Bertz CT molecular complexity index is 312. The number of phenols is 1. The van der Waals surface area contributed by atoms with E-state index in [1.165, 1.54) is 0 Å². The van der Waals surface area contributed by atoms with Gasteiger partial charge in [-0.1, -0.05) is 13.0 Å². The molecule has 3 heteroatoms. The molecule has 0 fully saturated rings. The second kappa shape index (κ2) is 5.61. The Hall–Kier alpha value is -1.22. The second-order valence-electron chi connectivity index (χ2n) is 3.70. The number of benzene rings is 1. The molecule has 0 amide bonds. The molecule has 0 aliphatic heterocycles. The van der Waals surface area contributed by atoms with Crippen LogP contribution in [0.2, 0.25) is 0 Å². The van der Waals surface area contributed by atoms with E-state index in [4.69, 9.17) is 4.74 Å². The zero-order valence-corrected chi connectivity index (χ0v) is 9.58. The smallest absolute Gasteiger partial charge is 0.160 e. The minimum Gasteiger partial charge on any atom is -0.504 e. The van der Waals surface area contributed by atoms with E-state index in [2.05, 4.69) is 19.2 Å². The molecule has 0 saturated carbocycles. The molecule has 0 aliphatic carbocycles. The van der Waals surface area contributed by atoms with E-state index in [1.54, 1.807) is 13.2 Å². The summed E-state index contributed by atoms with van der Waals surface area (Å²) in [4.78, 5) is 0. The molecule has 84 valence electrons. The average molecular weight is 209 g/mol. The average Bonchev–Trinajstić information content (AvgIpc) is 2.27. The Morgan fingerprint density at radius 3 is 2.80 bits per heavy atom. The molecule has 1 rings (SSSR count). The van der Waals surface area contributed by atoms with Crippen LogP contribution < -0.4 is 10.1 Å². The molecule has 1 aromatic carbocycles. The van der Waals surface area contributed by atoms with E-state index in [-0.39, 0.29) is 5.75 Å². The van der Waals surface area contributed by atoms with Crippen molar-refractivity contribution in [3.05, 3.63) is 23.8 Å². The Balaban J connectivity index is 2.62. The summed E-state index contributed by atoms with van der Waals surface area (Å²) in [6.07, 6.45) is 1.11. The number of hydrogen-bond acceptors (Lipinski definition) is 3. The lowest BCUT2D eigenvalue weighted by atomic mass is 10.2. The van der Waals surface area contributed by atoms with Crippen LogP contribution in [-0.4, -0.2) is 18.3 Å². The fourth-order valence-electron chi connectivity index (χ4n) is 1.27. The highest BCUT2D eigenvalue weighted by atomic mass is 16.5. The molecule has 1 atom stereocenters. The first-order chi connectivity index (χ1) is 7.17. The van der Waals surface area contributed by atoms with Crippen molar-refractivity contribution in [3.8, 4) is 11.5 Å². The fraction of sp³-hybridized carbons (Fsp3) is 0.500. The van der Waals surface area contributed by atoms with Crippen molar-refractivity contribution in [1.82, 2.24) is 5.32 Å². The fourth-order valence-corrected chi connectivity index (χ4v) is 1.27. The first-order valence-electron chi connectivity index (χ1n) is 5.26. The largest absolute Gasteiger partial charge is 0.504 e. The van der Waals surface area contributed by atoms with Gasteiger partial charge in [0.05, 0.1) is 7.11 Å². The van der Waals surface area contributed by atoms with Crippen LogP contribution in [-0.2, 0) is 6.54 Å². The third-order valence-electron chi connectivity index (χ3n) is 2.51. The molecule has 2 N–H and O–H groups in total. The van der Waals surface area contributed by atoms with E-state index in [0.717, 1.165) is 18.5 Å². The van der Waals surface area contributed by atoms with Crippen LogP contribution in [0.3, 0.4) is 0 Å². The number of hydrogen-bond donors (Lipinski definition) is 2. The normalized spacial score (nSPS) is 12.5. The van der Waals surface area contributed by atoms with Crippen LogP contribution in [0.5, 0.6) is 11.5 Å². The third-order valence-corrected chi connectivity index (χ3v) is 2.51. The number of aromatic hydroxyl groups is 1. The predicted molar refractivity (Wildman–Crippen MR) is 61.3 cm³/mol. The highest BCUT2D eigenvalue weighted by Gasteiger charge is 2.03. The lowest BCUT2D eigenvalue weighted by Gasteiger charge is -2.12. The molecular weight excluding hydrogens is 190 g/mol. The molecule has 15 heavy (non-hydrogen) atoms. The van der Waals surface area contributed by atoms with Crippen LogP contribution in [0.4, 0.5) is 0 Å². The molecule has 3 nitrogen and oxygen atoms in total. The van der Waals surface area contributed by atoms with E-state index < -0.39 is 0 Å². The molecule has 1 aromatic rings. The summed E-state index contributed by atoms with van der Waals surface area (Å²) in [6.45, 7) is 5.10. The topological polar surface area (TPSA) is 41.5 Å². The van der Waals surface area contributed by atoms with Gasteiger partial charge < -0.3 is 15.2 Å². The first-order valence-corrected chi connectivity index (χ1v) is 5.26. The van der Waals surface area contributed by atoms with Crippen LogP contribution in [0.25, 0.3) is 0 Å². The van der Waals surface area contributed by atoms with Gasteiger partial charge in [-0.25, -0.2) is 0 Å². The van der Waals surface area contributed by atoms with E-state index in [9.17, 15) is 5.11 Å². The van der Waals surface area contributed by atoms with Crippen molar-refractivity contribution in [2.45, 2.75) is 32.9 Å².